The van der Waals surface area contributed by atoms with E-state index in [-0.39, 0.29) is 5.54 Å². The molecule has 0 aliphatic rings. The third kappa shape index (κ3) is 3.68. The normalized spacial score (nSPS) is 11.5. The first-order valence-corrected chi connectivity index (χ1v) is 5.36. The van der Waals surface area contributed by atoms with Crippen molar-refractivity contribution in [1.29, 1.82) is 0 Å². The van der Waals surface area contributed by atoms with Crippen molar-refractivity contribution < 1.29 is 4.74 Å². The molecule has 0 radical (unpaired) electrons. The molecule has 1 aromatic rings. The van der Waals surface area contributed by atoms with Gasteiger partial charge in [0.25, 0.3) is 0 Å². The van der Waals surface area contributed by atoms with Crippen molar-refractivity contribution >= 4 is 15.9 Å². The van der Waals surface area contributed by atoms with Gasteiger partial charge in [0.05, 0.1) is 0 Å². The van der Waals surface area contributed by atoms with Gasteiger partial charge in [-0.2, -0.15) is 0 Å². The zero-order chi connectivity index (χ0) is 10.8. The fourth-order valence-corrected chi connectivity index (χ4v) is 1.51. The van der Waals surface area contributed by atoms with Crippen molar-refractivity contribution in [2.24, 2.45) is 5.73 Å². The predicted octanol–water partition coefficient (Wildman–Crippen LogP) is 2.87. The number of ether oxygens (including phenoxy) is 1. The van der Waals surface area contributed by atoms with Crippen LogP contribution in [-0.2, 0) is 0 Å². The third-order valence-electron chi connectivity index (χ3n) is 1.74. The minimum absolute atomic E-state index is 0.292. The van der Waals surface area contributed by atoms with Gasteiger partial charge < -0.3 is 10.5 Å². The lowest BCUT2D eigenvalue weighted by Gasteiger charge is -2.19. The number of nitrogens with two attached hydrogens (primary N) is 1. The quantitative estimate of drug-likeness (QED) is 0.904. The molecule has 2 nitrogen and oxygen atoms in total. The molecule has 0 unspecified atom stereocenters. The van der Waals surface area contributed by atoms with Crippen LogP contribution < -0.4 is 10.5 Å². The Morgan fingerprint density at radius 1 is 1.43 bits per heavy atom. The molecule has 0 saturated carbocycles. The van der Waals surface area contributed by atoms with E-state index in [1.165, 1.54) is 0 Å². The lowest BCUT2D eigenvalue weighted by Crippen LogP contribution is -2.38. The average molecular weight is 258 g/mol. The number of aryl methyl sites for hydroxylation is 1. The van der Waals surface area contributed by atoms with Gasteiger partial charge in [-0.05, 0) is 44.5 Å². The molecule has 0 fully saturated rings. The highest BCUT2D eigenvalue weighted by Crippen LogP contribution is 2.22. The van der Waals surface area contributed by atoms with Crippen LogP contribution in [0.3, 0.4) is 0 Å². The number of benzene rings is 1. The van der Waals surface area contributed by atoms with E-state index in [0.717, 1.165) is 15.8 Å². The van der Waals surface area contributed by atoms with Crippen molar-refractivity contribution in [2.75, 3.05) is 6.61 Å². The SMILES string of the molecule is Cc1cc(Br)ccc1OCC(C)(C)N. The maximum Gasteiger partial charge on any atom is 0.122 e. The van der Waals surface area contributed by atoms with Crippen LogP contribution in [0.25, 0.3) is 0 Å². The average Bonchev–Trinajstić information content (AvgIpc) is 2.00. The van der Waals surface area contributed by atoms with Gasteiger partial charge >= 0.3 is 0 Å². The van der Waals surface area contributed by atoms with Gasteiger partial charge in [-0.25, -0.2) is 0 Å². The maximum absolute atomic E-state index is 5.83. The molecule has 1 rings (SSSR count). The van der Waals surface area contributed by atoms with Crippen LogP contribution in [0.4, 0.5) is 0 Å². The molecule has 0 aromatic heterocycles. The number of halogens is 1. The summed E-state index contributed by atoms with van der Waals surface area (Å²) in [4.78, 5) is 0. The van der Waals surface area contributed by atoms with Crippen molar-refractivity contribution in [1.82, 2.24) is 0 Å². The molecule has 0 atom stereocenters. The Bertz CT molecular complexity index is 318. The van der Waals surface area contributed by atoms with E-state index in [0.29, 0.717) is 6.61 Å². The topological polar surface area (TPSA) is 35.2 Å². The van der Waals surface area contributed by atoms with E-state index in [9.17, 15) is 0 Å². The lowest BCUT2D eigenvalue weighted by molar-refractivity contribution is 0.242. The molecule has 0 saturated heterocycles. The Morgan fingerprint density at radius 3 is 2.57 bits per heavy atom. The molecule has 0 amide bonds. The van der Waals surface area contributed by atoms with Gasteiger partial charge in [0.1, 0.15) is 12.4 Å². The fourth-order valence-electron chi connectivity index (χ4n) is 1.04. The van der Waals surface area contributed by atoms with Crippen molar-refractivity contribution in [3.63, 3.8) is 0 Å². The van der Waals surface area contributed by atoms with Crippen LogP contribution in [0.5, 0.6) is 5.75 Å². The summed E-state index contributed by atoms with van der Waals surface area (Å²) in [5.41, 5.74) is 6.65. The molecule has 14 heavy (non-hydrogen) atoms. The first-order chi connectivity index (χ1) is 6.38. The van der Waals surface area contributed by atoms with E-state index in [4.69, 9.17) is 10.5 Å². The molecule has 0 aliphatic heterocycles. The van der Waals surface area contributed by atoms with Gasteiger partial charge in [-0.1, -0.05) is 15.9 Å². The lowest BCUT2D eigenvalue weighted by atomic mass is 10.1. The van der Waals surface area contributed by atoms with Crippen LogP contribution in [0, 0.1) is 6.92 Å². The Morgan fingerprint density at radius 2 is 2.07 bits per heavy atom. The Labute approximate surface area is 93.6 Å². The van der Waals surface area contributed by atoms with Crippen molar-refractivity contribution in [3.05, 3.63) is 28.2 Å². The number of hydrogen-bond acceptors (Lipinski definition) is 2. The number of hydrogen-bond donors (Lipinski definition) is 1. The zero-order valence-corrected chi connectivity index (χ0v) is 10.4. The minimum Gasteiger partial charge on any atom is -0.491 e. The summed E-state index contributed by atoms with van der Waals surface area (Å²) in [6.07, 6.45) is 0. The summed E-state index contributed by atoms with van der Waals surface area (Å²) < 4.78 is 6.67. The second-order valence-electron chi connectivity index (χ2n) is 4.19. The van der Waals surface area contributed by atoms with Crippen molar-refractivity contribution in [2.45, 2.75) is 26.3 Å². The maximum atomic E-state index is 5.83. The largest absolute Gasteiger partial charge is 0.491 e. The summed E-state index contributed by atoms with van der Waals surface area (Å²) in [7, 11) is 0. The van der Waals surface area contributed by atoms with E-state index >= 15 is 0 Å². The molecule has 3 heteroatoms. The van der Waals surface area contributed by atoms with Gasteiger partial charge in [0.2, 0.25) is 0 Å². The molecule has 1 aromatic carbocycles. The molecular weight excluding hydrogens is 242 g/mol. The fraction of sp³-hybridized carbons (Fsp3) is 0.455. The molecule has 78 valence electrons. The standard InChI is InChI=1S/C11H16BrNO/c1-8-6-9(12)4-5-10(8)14-7-11(2,3)13/h4-6H,7,13H2,1-3H3. The summed E-state index contributed by atoms with van der Waals surface area (Å²) in [6.45, 7) is 6.43. The van der Waals surface area contributed by atoms with Gasteiger partial charge in [-0.15, -0.1) is 0 Å². The number of rotatable bonds is 3. The van der Waals surface area contributed by atoms with E-state index < -0.39 is 0 Å². The summed E-state index contributed by atoms with van der Waals surface area (Å²) in [6, 6.07) is 5.94. The first kappa shape index (κ1) is 11.5. The highest BCUT2D eigenvalue weighted by Gasteiger charge is 2.12. The van der Waals surface area contributed by atoms with E-state index in [1.807, 2.05) is 39.0 Å². The van der Waals surface area contributed by atoms with E-state index in [1.54, 1.807) is 0 Å². The molecule has 0 bridgehead atoms. The van der Waals surface area contributed by atoms with Gasteiger partial charge in [0, 0.05) is 10.0 Å². The van der Waals surface area contributed by atoms with Crippen LogP contribution >= 0.6 is 15.9 Å². The summed E-state index contributed by atoms with van der Waals surface area (Å²) in [5, 5.41) is 0. The smallest absolute Gasteiger partial charge is 0.122 e. The molecular formula is C11H16BrNO. The predicted molar refractivity (Wildman–Crippen MR) is 62.6 cm³/mol. The summed E-state index contributed by atoms with van der Waals surface area (Å²) in [5.74, 6) is 0.895. The monoisotopic (exact) mass is 257 g/mol. The second-order valence-corrected chi connectivity index (χ2v) is 5.10. The Hall–Kier alpha value is -0.540. The van der Waals surface area contributed by atoms with E-state index in [2.05, 4.69) is 15.9 Å². The highest BCUT2D eigenvalue weighted by atomic mass is 79.9. The van der Waals surface area contributed by atoms with Gasteiger partial charge in [-0.3, -0.25) is 0 Å². The zero-order valence-electron chi connectivity index (χ0n) is 8.80. The van der Waals surface area contributed by atoms with Crippen LogP contribution in [0.1, 0.15) is 19.4 Å². The summed E-state index contributed by atoms with van der Waals surface area (Å²) >= 11 is 3.41. The molecule has 0 aliphatic carbocycles. The Balaban J connectivity index is 2.68. The third-order valence-corrected chi connectivity index (χ3v) is 2.23. The molecule has 2 N–H and O–H groups in total. The van der Waals surface area contributed by atoms with Gasteiger partial charge in [0.15, 0.2) is 0 Å². The Kier molecular flexibility index (Phi) is 3.56. The van der Waals surface area contributed by atoms with Crippen LogP contribution in [0.15, 0.2) is 22.7 Å². The second kappa shape index (κ2) is 4.32. The van der Waals surface area contributed by atoms with Crippen LogP contribution in [-0.4, -0.2) is 12.1 Å². The highest BCUT2D eigenvalue weighted by molar-refractivity contribution is 9.10. The first-order valence-electron chi connectivity index (χ1n) is 4.56. The minimum atomic E-state index is -0.292. The van der Waals surface area contributed by atoms with Crippen LogP contribution in [0.2, 0.25) is 0 Å². The molecule has 0 heterocycles. The van der Waals surface area contributed by atoms with Crippen molar-refractivity contribution in [3.8, 4) is 5.75 Å². The molecule has 0 spiro atoms.